The first-order valence-electron chi connectivity index (χ1n) is 25.5. The number of nitrogens with zero attached hydrogens (tertiary/aromatic N) is 2. The van der Waals surface area contributed by atoms with Gasteiger partial charge in [-0.05, 0) is 110 Å². The van der Waals surface area contributed by atoms with E-state index >= 15 is 0 Å². The SMILES string of the molecule is [2H]c1c([2H])c([2H])c(N(C2=C/Cc3cc(-c4ccc(C5(c6ccccc6)c6ccccc6-c6ccccc65)cc4)ccc3N(c3cccc4ccccc34)C/C=C\2)c2c([2H])c([2H])c([2H])c([2H])c2[2H])c([2H])c1[2H]. The number of rotatable bonds is 7. The summed E-state index contributed by atoms with van der Waals surface area (Å²) in [5.41, 5.74) is 10.9. The Labute approximate surface area is 372 Å². The summed E-state index contributed by atoms with van der Waals surface area (Å²) in [4.78, 5) is 3.45. The molecule has 2 nitrogen and oxygen atoms in total. The average molecular weight is 791 g/mol. The maximum Gasteiger partial charge on any atom is 0.0713 e. The normalized spacial score (nSPS) is 17.6. The molecule has 0 N–H and O–H groups in total. The van der Waals surface area contributed by atoms with Crippen molar-refractivity contribution in [2.45, 2.75) is 11.8 Å². The average Bonchev–Trinajstić information content (AvgIpc) is 3.75. The maximum absolute atomic E-state index is 9.10. The van der Waals surface area contributed by atoms with Crippen LogP contribution >= 0.6 is 0 Å². The lowest BCUT2D eigenvalue weighted by molar-refractivity contribution is 0.768. The van der Waals surface area contributed by atoms with Gasteiger partial charge in [-0.25, -0.2) is 0 Å². The van der Waals surface area contributed by atoms with Gasteiger partial charge in [0.05, 0.1) is 19.1 Å². The lowest BCUT2D eigenvalue weighted by atomic mass is 9.67. The van der Waals surface area contributed by atoms with Gasteiger partial charge in [0.25, 0.3) is 0 Å². The van der Waals surface area contributed by atoms with Gasteiger partial charge in [0.15, 0.2) is 0 Å². The molecule has 0 atom stereocenters. The highest BCUT2D eigenvalue weighted by Crippen LogP contribution is 2.56. The highest BCUT2D eigenvalue weighted by Gasteiger charge is 2.45. The summed E-state index contributed by atoms with van der Waals surface area (Å²) in [6, 6.07) is 51.4. The van der Waals surface area contributed by atoms with Crippen molar-refractivity contribution < 1.29 is 13.7 Å². The highest BCUT2D eigenvalue weighted by atomic mass is 15.2. The van der Waals surface area contributed by atoms with Crippen LogP contribution in [0.3, 0.4) is 0 Å². The van der Waals surface area contributed by atoms with Crippen molar-refractivity contribution >= 4 is 33.5 Å². The monoisotopic (exact) mass is 790 g/mol. The van der Waals surface area contributed by atoms with Crippen molar-refractivity contribution in [1.82, 2.24) is 0 Å². The zero-order chi connectivity index (χ0) is 49.3. The van der Waals surface area contributed by atoms with Crippen LogP contribution in [-0.2, 0) is 11.8 Å². The summed E-state index contributed by atoms with van der Waals surface area (Å²) in [7, 11) is 0. The Kier molecular flexibility index (Phi) is 6.89. The van der Waals surface area contributed by atoms with Crippen LogP contribution in [-0.4, -0.2) is 6.54 Å². The van der Waals surface area contributed by atoms with Crippen molar-refractivity contribution in [3.63, 3.8) is 0 Å². The van der Waals surface area contributed by atoms with Crippen LogP contribution in [0.4, 0.5) is 22.7 Å². The second-order valence-corrected chi connectivity index (χ2v) is 15.3. The third-order valence-electron chi connectivity index (χ3n) is 12.0. The van der Waals surface area contributed by atoms with E-state index in [1.165, 1.54) is 32.7 Å². The van der Waals surface area contributed by atoms with Crippen LogP contribution in [0, 0.1) is 0 Å². The van der Waals surface area contributed by atoms with Crippen molar-refractivity contribution in [1.29, 1.82) is 0 Å². The van der Waals surface area contributed by atoms with Crippen LogP contribution in [0.15, 0.2) is 248 Å². The Hall–Kier alpha value is -7.68. The van der Waals surface area contributed by atoms with Crippen LogP contribution in [0.25, 0.3) is 33.0 Å². The summed E-state index contributed by atoms with van der Waals surface area (Å²) >= 11 is 0. The Morgan fingerprint density at radius 1 is 0.508 bits per heavy atom. The molecule has 0 saturated carbocycles. The molecule has 0 fully saturated rings. The molecule has 0 radical (unpaired) electrons. The number of para-hydroxylation sites is 2. The molecule has 2 heteroatoms. The molecule has 61 heavy (non-hydrogen) atoms. The van der Waals surface area contributed by atoms with Gasteiger partial charge in [-0.3, -0.25) is 0 Å². The van der Waals surface area contributed by atoms with E-state index in [1.54, 1.807) is 6.08 Å². The summed E-state index contributed by atoms with van der Waals surface area (Å²) < 4.78 is 87.7. The van der Waals surface area contributed by atoms with Crippen LogP contribution in [0.5, 0.6) is 0 Å². The molecule has 2 aliphatic rings. The largest absolute Gasteiger partial charge is 0.337 e. The van der Waals surface area contributed by atoms with Crippen LogP contribution < -0.4 is 9.80 Å². The number of fused-ring (bicyclic) bond motifs is 5. The fourth-order valence-corrected chi connectivity index (χ4v) is 9.39. The fraction of sp³-hybridized carbons (Fsp3) is 0.0508. The van der Waals surface area contributed by atoms with Crippen molar-refractivity contribution in [3.05, 3.63) is 276 Å². The van der Waals surface area contributed by atoms with Gasteiger partial charge < -0.3 is 9.80 Å². The van der Waals surface area contributed by atoms with Gasteiger partial charge in [0.1, 0.15) is 0 Å². The zero-order valence-corrected chi connectivity index (χ0v) is 33.1. The smallest absolute Gasteiger partial charge is 0.0713 e. The minimum Gasteiger partial charge on any atom is -0.337 e. The molecule has 290 valence electrons. The molecule has 0 spiro atoms. The first kappa shape index (κ1) is 27.2. The highest BCUT2D eigenvalue weighted by molar-refractivity contribution is 5.97. The summed E-state index contributed by atoms with van der Waals surface area (Å²) in [5, 5.41) is 2.09. The number of benzene rings is 9. The van der Waals surface area contributed by atoms with Gasteiger partial charge in [0, 0.05) is 40.4 Å². The van der Waals surface area contributed by atoms with Crippen molar-refractivity contribution in [2.75, 3.05) is 16.3 Å². The zero-order valence-electron chi connectivity index (χ0n) is 43.1. The number of hydrogen-bond acceptors (Lipinski definition) is 2. The molecule has 11 rings (SSSR count). The van der Waals surface area contributed by atoms with Gasteiger partial charge in [-0.15, -0.1) is 0 Å². The molecule has 9 aromatic carbocycles. The van der Waals surface area contributed by atoms with Gasteiger partial charge >= 0.3 is 0 Å². The van der Waals surface area contributed by atoms with Gasteiger partial charge in [-0.2, -0.15) is 0 Å². The molecular formula is C59H44N2. The van der Waals surface area contributed by atoms with E-state index in [0.29, 0.717) is 6.54 Å². The van der Waals surface area contributed by atoms with E-state index in [0.717, 1.165) is 44.4 Å². The molecule has 1 aliphatic carbocycles. The second kappa shape index (κ2) is 15.5. The van der Waals surface area contributed by atoms with Gasteiger partial charge in [-0.1, -0.05) is 194 Å². The van der Waals surface area contributed by atoms with E-state index in [2.05, 4.69) is 144 Å². The minimum atomic E-state index is -0.620. The van der Waals surface area contributed by atoms with E-state index in [-0.39, 0.29) is 23.5 Å². The summed E-state index contributed by atoms with van der Waals surface area (Å²) in [6.45, 7) is 0.311. The molecule has 0 aromatic heterocycles. The second-order valence-electron chi connectivity index (χ2n) is 15.3. The number of hydrogen-bond donors (Lipinski definition) is 0. The molecule has 0 bridgehead atoms. The first-order chi connectivity index (χ1) is 34.4. The Morgan fingerprint density at radius 3 is 1.80 bits per heavy atom. The van der Waals surface area contributed by atoms with Gasteiger partial charge in [0.2, 0.25) is 0 Å². The topological polar surface area (TPSA) is 6.48 Å². The predicted molar refractivity (Wildman–Crippen MR) is 256 cm³/mol. The van der Waals surface area contributed by atoms with E-state index in [1.807, 2.05) is 36.4 Å². The van der Waals surface area contributed by atoms with E-state index in [9.17, 15) is 0 Å². The Bertz CT molecular complexity index is 3500. The van der Waals surface area contributed by atoms with Crippen molar-refractivity contribution in [3.8, 4) is 22.3 Å². The molecule has 1 aliphatic heterocycles. The van der Waals surface area contributed by atoms with E-state index < -0.39 is 65.8 Å². The Morgan fingerprint density at radius 2 is 1.10 bits per heavy atom. The first-order valence-corrected chi connectivity index (χ1v) is 20.5. The number of allylic oxidation sites excluding steroid dienone is 2. The molecule has 0 unspecified atom stereocenters. The molecular weight excluding hydrogens is 737 g/mol. The lowest BCUT2D eigenvalue weighted by Crippen LogP contribution is -2.28. The summed E-state index contributed by atoms with van der Waals surface area (Å²) in [5.74, 6) is 0. The van der Waals surface area contributed by atoms with Crippen molar-refractivity contribution in [2.24, 2.45) is 0 Å². The standard InChI is InChI=1S/C59H44N2/c1-4-20-47(21-5-1)59(55-30-14-12-28-53(55)54-29-13-15-31-56(54)59)48-37-33-43(34-38-48)45-36-40-57-46(42-45)35-39-51(61(49-22-6-2-7-23-49)50-24-8-3-9-25-50)26-17-41-60(57)58-32-16-19-44-18-10-11-27-52(44)58/h1-34,36-40,42H,35,41H2/b26-17-,51-39+/i2D,3D,6D,7D,8D,9D,22D,23D,24D,25D. The Balaban J connectivity index is 1.10. The summed E-state index contributed by atoms with van der Waals surface area (Å²) in [6.07, 6.45) is 5.68. The molecule has 1 heterocycles. The van der Waals surface area contributed by atoms with Crippen LogP contribution in [0.1, 0.15) is 41.5 Å². The minimum absolute atomic E-state index is 0.237. The third-order valence-corrected chi connectivity index (χ3v) is 12.0. The molecule has 0 amide bonds. The lowest BCUT2D eigenvalue weighted by Gasteiger charge is -2.34. The number of anilines is 4. The quantitative estimate of drug-likeness (QED) is 0.159. The van der Waals surface area contributed by atoms with Crippen LogP contribution in [0.2, 0.25) is 0 Å². The predicted octanol–water partition coefficient (Wildman–Crippen LogP) is 14.8. The maximum atomic E-state index is 9.10. The third kappa shape index (κ3) is 6.27. The fourth-order valence-electron chi connectivity index (χ4n) is 9.39. The molecule has 0 saturated heterocycles. The molecule has 9 aromatic rings. The van der Waals surface area contributed by atoms with E-state index in [4.69, 9.17) is 13.7 Å².